The molecule has 0 unspecified atom stereocenters. The first-order chi connectivity index (χ1) is 9.24. The first-order valence-corrected chi connectivity index (χ1v) is 6.64. The molecule has 1 aromatic carbocycles. The minimum atomic E-state index is -0.0161. The van der Waals surface area contributed by atoms with Crippen molar-refractivity contribution in [2.24, 2.45) is 0 Å². The lowest BCUT2D eigenvalue weighted by molar-refractivity contribution is 0.561. The van der Waals surface area contributed by atoms with E-state index >= 15 is 0 Å². The van der Waals surface area contributed by atoms with Gasteiger partial charge in [-0.3, -0.25) is 9.36 Å². The molecule has 6 heteroatoms. The van der Waals surface area contributed by atoms with E-state index < -0.39 is 0 Å². The lowest BCUT2D eigenvalue weighted by atomic mass is 10.2. The molecule has 0 amide bonds. The number of imidazole rings is 1. The van der Waals surface area contributed by atoms with Crippen molar-refractivity contribution in [2.45, 2.75) is 13.1 Å². The number of rotatable bonds is 3. The minimum Gasteiger partial charge on any atom is -0.336 e. The Morgan fingerprint density at radius 3 is 2.89 bits per heavy atom. The summed E-state index contributed by atoms with van der Waals surface area (Å²) in [7, 11) is 0. The first kappa shape index (κ1) is 12.1. The summed E-state index contributed by atoms with van der Waals surface area (Å²) in [5, 5.41) is 0.635. The van der Waals surface area contributed by atoms with E-state index in [0.717, 1.165) is 4.47 Å². The number of aryl methyl sites for hydroxylation is 2. The van der Waals surface area contributed by atoms with Crippen LogP contribution in [0.2, 0.25) is 0 Å². The minimum absolute atomic E-state index is 0.0161. The molecule has 0 fully saturated rings. The molecule has 5 nitrogen and oxygen atoms in total. The van der Waals surface area contributed by atoms with Gasteiger partial charge in [-0.15, -0.1) is 0 Å². The summed E-state index contributed by atoms with van der Waals surface area (Å²) >= 11 is 3.37. The summed E-state index contributed by atoms with van der Waals surface area (Å²) in [5.74, 6) is 0. The second kappa shape index (κ2) is 4.97. The average molecular weight is 319 g/mol. The largest absolute Gasteiger partial charge is 0.336 e. The molecular weight excluding hydrogens is 308 g/mol. The molecule has 96 valence electrons. The molecule has 0 atom stereocenters. The molecule has 19 heavy (non-hydrogen) atoms. The Hall–Kier alpha value is -1.95. The van der Waals surface area contributed by atoms with E-state index in [1.807, 2.05) is 22.9 Å². The second-order valence-corrected chi connectivity index (χ2v) is 5.12. The number of hydrogen-bond donors (Lipinski definition) is 0. The van der Waals surface area contributed by atoms with Gasteiger partial charge in [0.05, 0.1) is 23.6 Å². The predicted octanol–water partition coefficient (Wildman–Crippen LogP) is 2.06. The van der Waals surface area contributed by atoms with Gasteiger partial charge >= 0.3 is 0 Å². The number of halogens is 1. The number of benzene rings is 1. The van der Waals surface area contributed by atoms with E-state index in [4.69, 9.17) is 0 Å². The van der Waals surface area contributed by atoms with Crippen LogP contribution in [0.15, 0.2) is 52.5 Å². The molecule has 3 aromatic rings. The maximum atomic E-state index is 12.3. The van der Waals surface area contributed by atoms with Gasteiger partial charge in [-0.1, -0.05) is 15.9 Å². The standard InChI is InChI=1S/C13H11BrN4O/c14-10-1-2-11-12(7-10)16-9-18(13(11)19)6-5-17-4-3-15-8-17/h1-4,7-9H,5-6H2. The normalized spacial score (nSPS) is 11.0. The van der Waals surface area contributed by atoms with Gasteiger partial charge in [-0.25, -0.2) is 9.97 Å². The summed E-state index contributed by atoms with van der Waals surface area (Å²) in [5.41, 5.74) is 0.691. The van der Waals surface area contributed by atoms with Gasteiger partial charge in [0.25, 0.3) is 5.56 Å². The highest BCUT2D eigenvalue weighted by Gasteiger charge is 2.04. The van der Waals surface area contributed by atoms with Crippen molar-refractivity contribution < 1.29 is 0 Å². The summed E-state index contributed by atoms with van der Waals surface area (Å²) in [6, 6.07) is 5.49. The van der Waals surface area contributed by atoms with Crippen molar-refractivity contribution in [2.75, 3.05) is 0 Å². The summed E-state index contributed by atoms with van der Waals surface area (Å²) < 4.78 is 4.47. The zero-order valence-corrected chi connectivity index (χ0v) is 11.6. The highest BCUT2D eigenvalue weighted by molar-refractivity contribution is 9.10. The fourth-order valence-electron chi connectivity index (χ4n) is 1.93. The monoisotopic (exact) mass is 318 g/mol. The van der Waals surface area contributed by atoms with E-state index in [-0.39, 0.29) is 5.56 Å². The van der Waals surface area contributed by atoms with E-state index in [2.05, 4.69) is 25.9 Å². The number of hydrogen-bond acceptors (Lipinski definition) is 3. The predicted molar refractivity (Wildman–Crippen MR) is 75.9 cm³/mol. The number of nitrogens with zero attached hydrogens (tertiary/aromatic N) is 4. The summed E-state index contributed by atoms with van der Waals surface area (Å²) in [4.78, 5) is 20.6. The maximum Gasteiger partial charge on any atom is 0.261 e. The quantitative estimate of drug-likeness (QED) is 0.742. The van der Waals surface area contributed by atoms with Crippen LogP contribution in [0.1, 0.15) is 0 Å². The van der Waals surface area contributed by atoms with Gasteiger partial charge < -0.3 is 4.57 Å². The van der Waals surface area contributed by atoms with Gasteiger partial charge in [0.15, 0.2) is 0 Å². The van der Waals surface area contributed by atoms with E-state index in [1.54, 1.807) is 29.5 Å². The molecule has 0 aliphatic carbocycles. The third-order valence-corrected chi connectivity index (χ3v) is 3.44. The Bertz CT molecular complexity index is 764. The van der Waals surface area contributed by atoms with Gasteiger partial charge in [-0.2, -0.15) is 0 Å². The molecule has 2 aromatic heterocycles. The van der Waals surface area contributed by atoms with Gasteiger partial charge in [-0.05, 0) is 18.2 Å². The maximum absolute atomic E-state index is 12.3. The van der Waals surface area contributed by atoms with Crippen LogP contribution in [-0.4, -0.2) is 19.1 Å². The molecule has 2 heterocycles. The van der Waals surface area contributed by atoms with Gasteiger partial charge in [0.1, 0.15) is 0 Å². The fraction of sp³-hybridized carbons (Fsp3) is 0.154. The van der Waals surface area contributed by atoms with Crippen LogP contribution in [0, 0.1) is 0 Å². The van der Waals surface area contributed by atoms with E-state index in [9.17, 15) is 4.79 Å². The molecule has 0 spiro atoms. The molecular formula is C13H11BrN4O. The van der Waals surface area contributed by atoms with Crippen molar-refractivity contribution in [1.82, 2.24) is 19.1 Å². The van der Waals surface area contributed by atoms with Crippen molar-refractivity contribution in [1.29, 1.82) is 0 Å². The molecule has 0 aliphatic heterocycles. The van der Waals surface area contributed by atoms with Gasteiger partial charge in [0.2, 0.25) is 0 Å². The summed E-state index contributed by atoms with van der Waals surface area (Å²) in [6.07, 6.45) is 6.92. The van der Waals surface area contributed by atoms with Crippen LogP contribution >= 0.6 is 15.9 Å². The Balaban J connectivity index is 1.94. The lowest BCUT2D eigenvalue weighted by Crippen LogP contribution is -2.22. The molecule has 0 aliphatic rings. The average Bonchev–Trinajstić information content (AvgIpc) is 2.91. The Labute approximate surface area is 117 Å². The third kappa shape index (κ3) is 2.44. The topological polar surface area (TPSA) is 52.7 Å². The molecule has 3 rings (SSSR count). The first-order valence-electron chi connectivity index (χ1n) is 5.84. The van der Waals surface area contributed by atoms with Crippen molar-refractivity contribution in [3.8, 4) is 0 Å². The van der Waals surface area contributed by atoms with Crippen molar-refractivity contribution in [3.63, 3.8) is 0 Å². The zero-order chi connectivity index (χ0) is 13.2. The van der Waals surface area contributed by atoms with Crippen molar-refractivity contribution in [3.05, 3.63) is 58.1 Å². The smallest absolute Gasteiger partial charge is 0.261 e. The molecule has 0 saturated heterocycles. The Morgan fingerprint density at radius 2 is 2.11 bits per heavy atom. The van der Waals surface area contributed by atoms with E-state index in [0.29, 0.717) is 24.0 Å². The van der Waals surface area contributed by atoms with Crippen LogP contribution in [0.5, 0.6) is 0 Å². The van der Waals surface area contributed by atoms with Crippen LogP contribution in [0.3, 0.4) is 0 Å². The SMILES string of the molecule is O=c1c2ccc(Br)cc2ncn1CCn1ccnc1. The fourth-order valence-corrected chi connectivity index (χ4v) is 2.28. The molecule has 0 N–H and O–H groups in total. The van der Waals surface area contributed by atoms with Crippen molar-refractivity contribution >= 4 is 26.8 Å². The van der Waals surface area contributed by atoms with Crippen LogP contribution in [-0.2, 0) is 13.1 Å². The lowest BCUT2D eigenvalue weighted by Gasteiger charge is -2.07. The summed E-state index contributed by atoms with van der Waals surface area (Å²) in [6.45, 7) is 1.28. The number of aromatic nitrogens is 4. The third-order valence-electron chi connectivity index (χ3n) is 2.95. The molecule has 0 bridgehead atoms. The highest BCUT2D eigenvalue weighted by atomic mass is 79.9. The zero-order valence-electron chi connectivity index (χ0n) is 10.0. The second-order valence-electron chi connectivity index (χ2n) is 4.21. The molecule has 0 radical (unpaired) electrons. The Morgan fingerprint density at radius 1 is 1.21 bits per heavy atom. The van der Waals surface area contributed by atoms with E-state index in [1.165, 1.54) is 0 Å². The van der Waals surface area contributed by atoms with Gasteiger partial charge in [0, 0.05) is 30.0 Å². The van der Waals surface area contributed by atoms with Crippen LogP contribution in [0.25, 0.3) is 10.9 Å². The number of fused-ring (bicyclic) bond motifs is 1. The Kier molecular flexibility index (Phi) is 3.16. The van der Waals surface area contributed by atoms with Crippen LogP contribution in [0.4, 0.5) is 0 Å². The molecule has 0 saturated carbocycles. The highest BCUT2D eigenvalue weighted by Crippen LogP contribution is 2.14. The van der Waals surface area contributed by atoms with Crippen LogP contribution < -0.4 is 5.56 Å².